The van der Waals surface area contributed by atoms with Crippen LogP contribution in [0.4, 0.5) is 0 Å². The van der Waals surface area contributed by atoms with Crippen LogP contribution in [0.2, 0.25) is 0 Å². The quantitative estimate of drug-likeness (QED) is 0.0243. The number of unbranched alkanes of at least 4 members (excludes halogenated alkanes) is 46. The summed E-state index contributed by atoms with van der Waals surface area (Å²) in [5, 5.41) is 14.1. The van der Waals surface area contributed by atoms with Crippen molar-refractivity contribution in [2.75, 3.05) is 40.9 Å². The third-order valence-electron chi connectivity index (χ3n) is 17.8. The maximum Gasteiger partial charge on any atom is 0.472 e. The number of rotatable bonds is 73. The van der Waals surface area contributed by atoms with Gasteiger partial charge in [-0.1, -0.05) is 387 Å². The van der Waals surface area contributed by atoms with Crippen LogP contribution in [0.1, 0.15) is 373 Å². The van der Waals surface area contributed by atoms with E-state index in [1.807, 2.05) is 27.2 Å². The summed E-state index contributed by atoms with van der Waals surface area (Å²) < 4.78 is 23.9. The first-order valence-corrected chi connectivity index (χ1v) is 41.1. The van der Waals surface area contributed by atoms with Crippen LogP contribution in [-0.2, 0) is 18.4 Å². The number of carbonyl (C=O) groups is 1. The van der Waals surface area contributed by atoms with Crippen molar-refractivity contribution in [2.45, 2.75) is 386 Å². The van der Waals surface area contributed by atoms with E-state index < -0.39 is 20.0 Å². The summed E-state index contributed by atoms with van der Waals surface area (Å²) >= 11 is 0. The van der Waals surface area contributed by atoms with E-state index in [9.17, 15) is 19.4 Å². The maximum absolute atomic E-state index is 13.1. The molecule has 1 amide bonds. The Morgan fingerprint density at radius 1 is 0.380 bits per heavy atom. The van der Waals surface area contributed by atoms with Crippen LogP contribution in [0.5, 0.6) is 0 Å². The van der Waals surface area contributed by atoms with Crippen LogP contribution in [0.3, 0.4) is 0 Å². The van der Waals surface area contributed by atoms with Crippen molar-refractivity contribution in [1.29, 1.82) is 0 Å². The van der Waals surface area contributed by atoms with E-state index in [4.69, 9.17) is 9.05 Å². The van der Waals surface area contributed by atoms with Gasteiger partial charge in [0.1, 0.15) is 13.2 Å². The molecule has 9 heteroatoms. The molecule has 92 heavy (non-hydrogen) atoms. The van der Waals surface area contributed by atoms with Crippen LogP contribution >= 0.6 is 7.82 Å². The zero-order valence-electron chi connectivity index (χ0n) is 61.5. The molecule has 536 valence electrons. The third kappa shape index (κ3) is 74.8. The van der Waals surface area contributed by atoms with Gasteiger partial charge < -0.3 is 19.8 Å². The number of phosphoric acid groups is 1. The van der Waals surface area contributed by atoms with Gasteiger partial charge in [0.25, 0.3) is 0 Å². The van der Waals surface area contributed by atoms with E-state index in [2.05, 4.69) is 104 Å². The van der Waals surface area contributed by atoms with Crippen molar-refractivity contribution in [1.82, 2.24) is 5.32 Å². The third-order valence-corrected chi connectivity index (χ3v) is 18.8. The monoisotopic (exact) mass is 1310 g/mol. The van der Waals surface area contributed by atoms with Gasteiger partial charge in [0.2, 0.25) is 5.91 Å². The molecule has 0 spiro atoms. The zero-order chi connectivity index (χ0) is 66.9. The molecular formula is C83H154N2O6P+. The van der Waals surface area contributed by atoms with E-state index in [0.29, 0.717) is 17.4 Å². The Labute approximate surface area is 572 Å². The lowest BCUT2D eigenvalue weighted by Gasteiger charge is -2.25. The van der Waals surface area contributed by atoms with Gasteiger partial charge in [-0.05, 0) is 77.0 Å². The van der Waals surface area contributed by atoms with Gasteiger partial charge in [-0.15, -0.1) is 0 Å². The molecule has 0 saturated carbocycles. The number of amides is 1. The standard InChI is InChI=1S/C83H153N2O6P/c1-6-8-10-12-14-16-18-20-22-24-26-28-30-32-34-36-38-39-40-41-42-43-44-45-47-49-51-53-55-57-59-61-63-65-67-69-71-73-75-77-83(87)84-81(80-91-92(88,89)90-79-78-85(3,4)5)82(86)76-74-72-70-68-66-64-62-60-58-56-54-52-50-48-46-37-35-33-31-29-27-25-23-21-19-17-15-13-11-9-7-2/h8,10,14,16,20,22,26,28,32,34,38-39,41-42,74,76,81-82,86H,6-7,9,11-13,15,17-19,21,23-25,27,29-31,33,35-37,40,43-73,75,77-80H2,1-5H3,(H-,84,87,88,89)/p+1/b10-8-,16-14-,22-20-,28-26-,34-32-,39-38-,42-41-,76-74+. The molecule has 0 bridgehead atoms. The van der Waals surface area contributed by atoms with Gasteiger partial charge >= 0.3 is 7.82 Å². The lowest BCUT2D eigenvalue weighted by molar-refractivity contribution is -0.870. The lowest BCUT2D eigenvalue weighted by Crippen LogP contribution is -2.45. The Bertz CT molecular complexity index is 1830. The number of quaternary nitrogens is 1. The molecule has 0 saturated heterocycles. The smallest absolute Gasteiger partial charge is 0.387 e. The number of carbonyl (C=O) groups excluding carboxylic acids is 1. The minimum atomic E-state index is -4.36. The van der Waals surface area contributed by atoms with Crippen LogP contribution < -0.4 is 5.32 Å². The predicted molar refractivity (Wildman–Crippen MR) is 406 cm³/mol. The number of hydrogen-bond donors (Lipinski definition) is 3. The van der Waals surface area contributed by atoms with Gasteiger partial charge in [-0.25, -0.2) is 4.57 Å². The molecule has 0 radical (unpaired) electrons. The minimum absolute atomic E-state index is 0.0603. The highest BCUT2D eigenvalue weighted by Gasteiger charge is 2.28. The minimum Gasteiger partial charge on any atom is -0.387 e. The summed E-state index contributed by atoms with van der Waals surface area (Å²) in [6.07, 6.45) is 106. The largest absolute Gasteiger partial charge is 0.472 e. The highest BCUT2D eigenvalue weighted by molar-refractivity contribution is 7.47. The highest BCUT2D eigenvalue weighted by Crippen LogP contribution is 2.43. The molecule has 0 fully saturated rings. The van der Waals surface area contributed by atoms with Gasteiger partial charge in [-0.3, -0.25) is 13.8 Å². The Balaban J connectivity index is 3.99. The molecule has 0 aromatic rings. The lowest BCUT2D eigenvalue weighted by atomic mass is 10.0. The number of aliphatic hydroxyl groups excluding tert-OH is 1. The van der Waals surface area contributed by atoms with Gasteiger partial charge in [0.15, 0.2) is 0 Å². The Hall–Kier alpha value is -2.58. The van der Waals surface area contributed by atoms with Crippen molar-refractivity contribution in [3.05, 3.63) is 97.2 Å². The number of hydrogen-bond acceptors (Lipinski definition) is 5. The molecule has 0 aliphatic rings. The van der Waals surface area contributed by atoms with Crippen LogP contribution in [0.25, 0.3) is 0 Å². The fraction of sp³-hybridized carbons (Fsp3) is 0.795. The van der Waals surface area contributed by atoms with E-state index in [1.165, 1.54) is 270 Å². The fourth-order valence-electron chi connectivity index (χ4n) is 11.7. The fourth-order valence-corrected chi connectivity index (χ4v) is 12.5. The second-order valence-corrected chi connectivity index (χ2v) is 29.5. The highest BCUT2D eigenvalue weighted by atomic mass is 31.2. The average Bonchev–Trinajstić information content (AvgIpc) is 2.63. The number of likely N-dealkylation sites (N-methyl/N-ethyl adjacent to an activating group) is 1. The van der Waals surface area contributed by atoms with E-state index in [0.717, 1.165) is 83.5 Å². The number of phosphoric ester groups is 1. The van der Waals surface area contributed by atoms with Crippen molar-refractivity contribution < 1.29 is 32.9 Å². The Morgan fingerprint density at radius 3 is 0.957 bits per heavy atom. The first kappa shape index (κ1) is 89.4. The molecule has 8 nitrogen and oxygen atoms in total. The van der Waals surface area contributed by atoms with Crippen LogP contribution in [0.15, 0.2) is 97.2 Å². The molecule has 0 heterocycles. The van der Waals surface area contributed by atoms with Crippen molar-refractivity contribution in [3.63, 3.8) is 0 Å². The van der Waals surface area contributed by atoms with Crippen LogP contribution in [0, 0.1) is 0 Å². The maximum atomic E-state index is 13.1. The Kier molecular flexibility index (Phi) is 70.6. The van der Waals surface area contributed by atoms with Crippen LogP contribution in [-0.4, -0.2) is 73.4 Å². The summed E-state index contributed by atoms with van der Waals surface area (Å²) in [6, 6.07) is -0.852. The van der Waals surface area contributed by atoms with Crippen molar-refractivity contribution in [2.24, 2.45) is 0 Å². The van der Waals surface area contributed by atoms with Gasteiger partial charge in [-0.2, -0.15) is 0 Å². The molecule has 3 unspecified atom stereocenters. The SMILES string of the molecule is CC/C=C\C/C=C\C/C=C\C/C=C\C/C=C\C/C=C\C/C=C\CCCCCCCCCCCCCCCCCCCC(=O)NC(COP(=O)(O)OCC[N+](C)(C)C)C(O)/C=C/CCCCCCCCCCCCCCCCCCCCCCCCCCCCCCC. The number of allylic oxidation sites excluding steroid dienone is 15. The molecule has 0 aromatic carbocycles. The Morgan fingerprint density at radius 2 is 0.652 bits per heavy atom. The first-order valence-electron chi connectivity index (χ1n) is 39.6. The summed E-state index contributed by atoms with van der Waals surface area (Å²) in [5.41, 5.74) is 0. The van der Waals surface area contributed by atoms with Crippen molar-refractivity contribution in [3.8, 4) is 0 Å². The van der Waals surface area contributed by atoms with E-state index in [-0.39, 0.29) is 19.1 Å². The number of nitrogens with zero attached hydrogens (tertiary/aromatic N) is 1. The second kappa shape index (κ2) is 72.7. The normalized spacial score (nSPS) is 14.0. The summed E-state index contributed by atoms with van der Waals surface area (Å²) in [4.78, 5) is 23.5. The first-order chi connectivity index (χ1) is 45.0. The molecule has 0 aliphatic carbocycles. The van der Waals surface area contributed by atoms with Crippen molar-refractivity contribution >= 4 is 13.7 Å². The average molecular weight is 1310 g/mol. The molecule has 3 atom stereocenters. The summed E-state index contributed by atoms with van der Waals surface area (Å²) in [6.45, 7) is 4.75. The molecule has 0 rings (SSSR count). The molecular weight excluding hydrogens is 1150 g/mol. The molecule has 0 aliphatic heterocycles. The summed E-state index contributed by atoms with van der Waals surface area (Å²) in [7, 11) is 1.58. The number of nitrogens with one attached hydrogen (secondary N) is 1. The zero-order valence-corrected chi connectivity index (χ0v) is 62.4. The second-order valence-electron chi connectivity index (χ2n) is 28.1. The molecule has 0 aromatic heterocycles. The predicted octanol–water partition coefficient (Wildman–Crippen LogP) is 26.0. The molecule has 3 N–H and O–H groups in total. The summed E-state index contributed by atoms with van der Waals surface area (Å²) in [5.74, 6) is -0.173. The number of aliphatic hydroxyl groups is 1. The van der Waals surface area contributed by atoms with E-state index in [1.54, 1.807) is 6.08 Å². The van der Waals surface area contributed by atoms with Gasteiger partial charge in [0, 0.05) is 6.42 Å². The van der Waals surface area contributed by atoms with Gasteiger partial charge in [0.05, 0.1) is 39.9 Å². The van der Waals surface area contributed by atoms with E-state index >= 15 is 0 Å². The topological polar surface area (TPSA) is 105 Å².